The molecule has 0 saturated carbocycles. The molecule has 0 aliphatic heterocycles. The lowest BCUT2D eigenvalue weighted by molar-refractivity contribution is 0.0818. The number of pyridine rings is 1. The highest BCUT2D eigenvalue weighted by atomic mass is 28.3. The highest BCUT2D eigenvalue weighted by Gasteiger charge is 2.16. The van der Waals surface area contributed by atoms with E-state index >= 15 is 0 Å². The summed E-state index contributed by atoms with van der Waals surface area (Å²) in [6.07, 6.45) is 1.47. The molecule has 7 heteroatoms. The second kappa shape index (κ2) is 9.22. The molecule has 1 N–H and O–H groups in total. The van der Waals surface area contributed by atoms with Gasteiger partial charge in [0.15, 0.2) is 0 Å². The minimum atomic E-state index is -1.16. The molecular weight excluding hydrogens is 419 g/mol. The summed E-state index contributed by atoms with van der Waals surface area (Å²) in [7, 11) is -1.16. The third kappa shape index (κ3) is 5.41. The van der Waals surface area contributed by atoms with E-state index in [0.29, 0.717) is 24.6 Å². The van der Waals surface area contributed by atoms with E-state index in [1.807, 2.05) is 28.9 Å². The van der Waals surface area contributed by atoms with E-state index in [9.17, 15) is 4.39 Å². The first-order valence-corrected chi connectivity index (χ1v) is 14.5. The Morgan fingerprint density at radius 2 is 1.84 bits per heavy atom. The van der Waals surface area contributed by atoms with Crippen LogP contribution in [0, 0.1) is 12.9 Å². The van der Waals surface area contributed by atoms with Gasteiger partial charge < -0.3 is 10.1 Å². The molecule has 0 aliphatic rings. The second-order valence-corrected chi connectivity index (χ2v) is 14.9. The molecule has 2 heterocycles. The number of halogens is 1. The fraction of sp³-hybridized carbons (Fsp3) is 0.280. The van der Waals surface area contributed by atoms with Crippen molar-refractivity contribution in [1.29, 1.82) is 0 Å². The number of fused-ring (bicyclic) bond motifs is 1. The molecule has 0 amide bonds. The summed E-state index contributed by atoms with van der Waals surface area (Å²) in [4.78, 5) is 3.68. The maximum atomic E-state index is 13.8. The minimum Gasteiger partial charge on any atom is -0.360 e. The Balaban J connectivity index is 1.68. The highest BCUT2D eigenvalue weighted by molar-refractivity contribution is 6.76. The molecule has 0 radical (unpaired) electrons. The molecule has 32 heavy (non-hydrogen) atoms. The van der Waals surface area contributed by atoms with Crippen molar-refractivity contribution in [3.8, 4) is 11.3 Å². The molecule has 0 bridgehead atoms. The van der Waals surface area contributed by atoms with Gasteiger partial charge >= 0.3 is 0 Å². The SMILES string of the molecule is Cc1cccc(Nc2ccc3c(c2)c(-c2ccnc(F)c2)nn3COCC[Si](C)(C)C)c1. The van der Waals surface area contributed by atoms with Crippen molar-refractivity contribution >= 4 is 30.4 Å². The zero-order valence-corrected chi connectivity index (χ0v) is 20.0. The largest absolute Gasteiger partial charge is 0.360 e. The van der Waals surface area contributed by atoms with Gasteiger partial charge in [-0.3, -0.25) is 0 Å². The van der Waals surface area contributed by atoms with E-state index in [2.05, 4.69) is 55.1 Å². The molecular formula is C25H29FN4OSi. The van der Waals surface area contributed by atoms with Gasteiger partial charge in [0, 0.05) is 49.3 Å². The predicted molar refractivity (Wildman–Crippen MR) is 131 cm³/mol. The second-order valence-electron chi connectivity index (χ2n) is 9.29. The maximum absolute atomic E-state index is 13.8. The molecule has 0 aliphatic carbocycles. The number of aryl methyl sites for hydroxylation is 1. The molecule has 2 aromatic carbocycles. The van der Waals surface area contributed by atoms with E-state index in [1.165, 1.54) is 17.8 Å². The number of nitrogens with zero attached hydrogens (tertiary/aromatic N) is 3. The van der Waals surface area contributed by atoms with Crippen molar-refractivity contribution in [2.24, 2.45) is 0 Å². The van der Waals surface area contributed by atoms with E-state index in [4.69, 9.17) is 9.84 Å². The quantitative estimate of drug-likeness (QED) is 0.187. The number of hydrogen-bond acceptors (Lipinski definition) is 4. The summed E-state index contributed by atoms with van der Waals surface area (Å²) in [5.74, 6) is -0.523. The summed E-state index contributed by atoms with van der Waals surface area (Å²) in [6, 6.07) is 18.6. The maximum Gasteiger partial charge on any atom is 0.213 e. The van der Waals surface area contributed by atoms with Crippen molar-refractivity contribution in [3.63, 3.8) is 0 Å². The topological polar surface area (TPSA) is 52.0 Å². The first kappa shape index (κ1) is 22.2. The van der Waals surface area contributed by atoms with Gasteiger partial charge in [0.1, 0.15) is 12.4 Å². The smallest absolute Gasteiger partial charge is 0.213 e. The molecule has 166 valence electrons. The van der Waals surface area contributed by atoms with Crippen molar-refractivity contribution < 1.29 is 9.13 Å². The van der Waals surface area contributed by atoms with E-state index in [-0.39, 0.29) is 0 Å². The summed E-state index contributed by atoms with van der Waals surface area (Å²) in [5.41, 5.74) is 5.49. The fourth-order valence-electron chi connectivity index (χ4n) is 3.54. The number of rotatable bonds is 8. The molecule has 0 unspecified atom stereocenters. The van der Waals surface area contributed by atoms with Crippen molar-refractivity contribution in [2.75, 3.05) is 11.9 Å². The average Bonchev–Trinajstić information content (AvgIpc) is 3.08. The van der Waals surface area contributed by atoms with Crippen molar-refractivity contribution in [2.45, 2.75) is 39.3 Å². The molecule has 4 aromatic rings. The standard InChI is InChI=1S/C25H29FN4OSi/c1-18-6-5-7-20(14-18)28-21-8-9-23-22(16-21)25(19-10-11-27-24(26)15-19)29-30(23)17-31-12-13-32(2,3)4/h5-11,14-16,28H,12-13,17H2,1-4H3. The number of aromatic nitrogens is 3. The Morgan fingerprint density at radius 1 is 1.03 bits per heavy atom. The number of nitrogens with one attached hydrogen (secondary N) is 1. The summed E-state index contributed by atoms with van der Waals surface area (Å²) >= 11 is 0. The van der Waals surface area contributed by atoms with Crippen LogP contribution in [-0.2, 0) is 11.5 Å². The first-order valence-electron chi connectivity index (χ1n) is 10.8. The molecule has 0 atom stereocenters. The van der Waals surface area contributed by atoms with E-state index < -0.39 is 14.0 Å². The van der Waals surface area contributed by atoms with Crippen LogP contribution in [0.5, 0.6) is 0 Å². The lowest BCUT2D eigenvalue weighted by Crippen LogP contribution is -2.22. The van der Waals surface area contributed by atoms with Crippen LogP contribution >= 0.6 is 0 Å². The van der Waals surface area contributed by atoms with Gasteiger partial charge in [0.2, 0.25) is 5.95 Å². The summed E-state index contributed by atoms with van der Waals surface area (Å²) in [5, 5.41) is 9.17. The third-order valence-electron chi connectivity index (χ3n) is 5.27. The monoisotopic (exact) mass is 448 g/mol. The third-order valence-corrected chi connectivity index (χ3v) is 6.97. The van der Waals surface area contributed by atoms with E-state index in [0.717, 1.165) is 28.3 Å². The Labute approximate surface area is 189 Å². The van der Waals surface area contributed by atoms with Crippen LogP contribution in [0.3, 0.4) is 0 Å². The number of anilines is 2. The summed E-state index contributed by atoms with van der Waals surface area (Å²) < 4.78 is 21.6. The Hall–Kier alpha value is -3.03. The van der Waals surface area contributed by atoms with Crippen LogP contribution in [-0.4, -0.2) is 29.4 Å². The molecule has 2 aromatic heterocycles. The van der Waals surface area contributed by atoms with Crippen molar-refractivity contribution in [3.05, 3.63) is 72.3 Å². The number of hydrogen-bond donors (Lipinski definition) is 1. The molecule has 0 spiro atoms. The van der Waals surface area contributed by atoms with Gasteiger partial charge in [-0.25, -0.2) is 9.67 Å². The molecule has 0 saturated heterocycles. The molecule has 4 rings (SSSR count). The molecule has 5 nitrogen and oxygen atoms in total. The Morgan fingerprint density at radius 3 is 2.59 bits per heavy atom. The zero-order chi connectivity index (χ0) is 22.7. The van der Waals surface area contributed by atoms with Gasteiger partial charge in [-0.2, -0.15) is 9.49 Å². The highest BCUT2D eigenvalue weighted by Crippen LogP contribution is 2.31. The number of benzene rings is 2. The lowest BCUT2D eigenvalue weighted by Gasteiger charge is -2.15. The van der Waals surface area contributed by atoms with E-state index in [1.54, 1.807) is 6.07 Å². The Kier molecular flexibility index (Phi) is 6.39. The molecule has 0 fully saturated rings. The normalized spacial score (nSPS) is 11.8. The first-order chi connectivity index (χ1) is 15.3. The van der Waals surface area contributed by atoms with Gasteiger partial charge in [-0.1, -0.05) is 31.8 Å². The van der Waals surface area contributed by atoms with Crippen LogP contribution in [0.25, 0.3) is 22.2 Å². The fourth-order valence-corrected chi connectivity index (χ4v) is 4.29. The number of ether oxygens (including phenoxy) is 1. The zero-order valence-electron chi connectivity index (χ0n) is 19.0. The van der Waals surface area contributed by atoms with Crippen LogP contribution in [0.1, 0.15) is 5.56 Å². The minimum absolute atomic E-state index is 0.360. The van der Waals surface area contributed by atoms with Gasteiger partial charge in [0.25, 0.3) is 0 Å². The summed E-state index contributed by atoms with van der Waals surface area (Å²) in [6.45, 7) is 10.1. The van der Waals surface area contributed by atoms with Crippen LogP contribution in [0.15, 0.2) is 60.8 Å². The van der Waals surface area contributed by atoms with Crippen LogP contribution in [0.4, 0.5) is 15.8 Å². The van der Waals surface area contributed by atoms with Crippen molar-refractivity contribution in [1.82, 2.24) is 14.8 Å². The lowest BCUT2D eigenvalue weighted by atomic mass is 10.1. The van der Waals surface area contributed by atoms with Gasteiger partial charge in [0.05, 0.1) is 5.52 Å². The average molecular weight is 449 g/mol. The Bertz CT molecular complexity index is 1230. The van der Waals surface area contributed by atoms with Crippen LogP contribution < -0.4 is 5.32 Å². The predicted octanol–water partition coefficient (Wildman–Crippen LogP) is 6.60. The van der Waals surface area contributed by atoms with Crippen LogP contribution in [0.2, 0.25) is 25.7 Å². The van der Waals surface area contributed by atoms with Gasteiger partial charge in [-0.05, 0) is 54.9 Å². The van der Waals surface area contributed by atoms with Gasteiger partial charge in [-0.15, -0.1) is 0 Å².